The second-order valence-electron chi connectivity index (χ2n) is 3.24. The molecule has 1 heterocycles. The summed E-state index contributed by atoms with van der Waals surface area (Å²) in [4.78, 5) is 11.0. The van der Waals surface area contributed by atoms with E-state index in [4.69, 9.17) is 9.47 Å². The first kappa shape index (κ1) is 12.2. The van der Waals surface area contributed by atoms with Crippen LogP contribution in [0.5, 0.6) is 0 Å². The molecule has 2 amide bonds. The van der Waals surface area contributed by atoms with Crippen LogP contribution in [-0.4, -0.2) is 61.5 Å². The fourth-order valence-corrected chi connectivity index (χ4v) is 1.41. The van der Waals surface area contributed by atoms with E-state index in [1.807, 2.05) is 0 Å². The number of methoxy groups -OCH3 is 1. The predicted molar refractivity (Wildman–Crippen MR) is 50.1 cm³/mol. The summed E-state index contributed by atoms with van der Waals surface area (Å²) in [5, 5.41) is 24.0. The van der Waals surface area contributed by atoms with E-state index in [1.165, 1.54) is 14.2 Å². The van der Waals surface area contributed by atoms with E-state index in [-0.39, 0.29) is 6.61 Å². The topological polar surface area (TPSA) is 100 Å². The Morgan fingerprint density at radius 2 is 2.20 bits per heavy atom. The van der Waals surface area contributed by atoms with Crippen LogP contribution >= 0.6 is 0 Å². The van der Waals surface area contributed by atoms with Gasteiger partial charge in [0.1, 0.15) is 12.2 Å². The highest BCUT2D eigenvalue weighted by Crippen LogP contribution is 2.15. The monoisotopic (exact) mass is 220 g/mol. The van der Waals surface area contributed by atoms with Crippen LogP contribution in [0.2, 0.25) is 0 Å². The summed E-state index contributed by atoms with van der Waals surface area (Å²) in [6, 6.07) is -1.28. The fraction of sp³-hybridized carbons (Fsp3) is 0.875. The van der Waals surface area contributed by atoms with Gasteiger partial charge in [0.25, 0.3) is 0 Å². The van der Waals surface area contributed by atoms with Gasteiger partial charge < -0.3 is 30.3 Å². The molecule has 0 aliphatic carbocycles. The lowest BCUT2D eigenvalue weighted by Gasteiger charge is -2.37. The smallest absolute Gasteiger partial charge is 0.314 e. The molecule has 4 atom stereocenters. The number of aliphatic hydroxyl groups is 2. The molecule has 0 aromatic rings. The van der Waals surface area contributed by atoms with Gasteiger partial charge in [-0.3, -0.25) is 0 Å². The summed E-state index contributed by atoms with van der Waals surface area (Å²) in [6.07, 6.45) is -2.89. The highest BCUT2D eigenvalue weighted by molar-refractivity contribution is 5.74. The molecule has 4 N–H and O–H groups in total. The van der Waals surface area contributed by atoms with Crippen LogP contribution in [0.1, 0.15) is 0 Å². The summed E-state index contributed by atoms with van der Waals surface area (Å²) in [5.74, 6) is 0. The summed E-state index contributed by atoms with van der Waals surface area (Å²) in [7, 11) is 2.82. The molecule has 0 saturated carbocycles. The third kappa shape index (κ3) is 2.78. The molecule has 88 valence electrons. The second kappa shape index (κ2) is 5.26. The van der Waals surface area contributed by atoms with Crippen LogP contribution in [0.25, 0.3) is 0 Å². The van der Waals surface area contributed by atoms with Crippen molar-refractivity contribution in [3.05, 3.63) is 0 Å². The van der Waals surface area contributed by atoms with Crippen LogP contribution in [-0.2, 0) is 9.47 Å². The van der Waals surface area contributed by atoms with Crippen LogP contribution < -0.4 is 10.6 Å². The van der Waals surface area contributed by atoms with E-state index in [9.17, 15) is 15.0 Å². The molecule has 7 heteroatoms. The van der Waals surface area contributed by atoms with Crippen molar-refractivity contribution < 1.29 is 24.5 Å². The maximum atomic E-state index is 11.0. The Bertz CT molecular complexity index is 225. The number of urea groups is 1. The van der Waals surface area contributed by atoms with Gasteiger partial charge in [-0.2, -0.15) is 0 Å². The zero-order chi connectivity index (χ0) is 11.4. The molecular weight excluding hydrogens is 204 g/mol. The molecule has 0 aromatic heterocycles. The van der Waals surface area contributed by atoms with Gasteiger partial charge in [-0.15, -0.1) is 0 Å². The highest BCUT2D eigenvalue weighted by Gasteiger charge is 2.39. The second-order valence-corrected chi connectivity index (χ2v) is 3.24. The van der Waals surface area contributed by atoms with Crippen LogP contribution in [0.4, 0.5) is 4.79 Å². The van der Waals surface area contributed by atoms with E-state index in [0.29, 0.717) is 0 Å². The molecule has 1 rings (SSSR count). The molecule has 15 heavy (non-hydrogen) atoms. The number of rotatable bonds is 2. The number of hydrogen-bond donors (Lipinski definition) is 4. The Hall–Kier alpha value is -0.890. The van der Waals surface area contributed by atoms with E-state index in [2.05, 4.69) is 10.6 Å². The number of hydrogen-bond acceptors (Lipinski definition) is 5. The zero-order valence-electron chi connectivity index (χ0n) is 8.64. The highest BCUT2D eigenvalue weighted by atomic mass is 16.7. The number of aliphatic hydroxyl groups excluding tert-OH is 2. The molecule has 1 fully saturated rings. The summed E-state index contributed by atoms with van der Waals surface area (Å²) in [6.45, 7) is 0.00419. The maximum Gasteiger partial charge on any atom is 0.314 e. The van der Waals surface area contributed by atoms with Crippen LogP contribution in [0.3, 0.4) is 0 Å². The minimum Gasteiger partial charge on any atom is -0.388 e. The fourth-order valence-electron chi connectivity index (χ4n) is 1.41. The van der Waals surface area contributed by atoms with Crippen molar-refractivity contribution in [1.29, 1.82) is 0 Å². The SMILES string of the molecule is CNC(=O)N[C@@H]1[C@@H](O)[C@@H](OC)OC[C@H]1O. The number of nitrogens with one attached hydrogen (secondary N) is 2. The van der Waals surface area contributed by atoms with Crippen molar-refractivity contribution in [3.63, 3.8) is 0 Å². The first-order valence-corrected chi connectivity index (χ1v) is 4.59. The molecule has 0 bridgehead atoms. The summed E-state index contributed by atoms with van der Waals surface area (Å²) < 4.78 is 9.85. The quantitative estimate of drug-likeness (QED) is 0.431. The predicted octanol–water partition coefficient (Wildman–Crippen LogP) is -1.99. The molecule has 1 saturated heterocycles. The average molecular weight is 220 g/mol. The van der Waals surface area contributed by atoms with Crippen molar-refractivity contribution in [2.75, 3.05) is 20.8 Å². The molecule has 0 radical (unpaired) electrons. The standard InChI is InChI=1S/C8H16N2O5/c1-9-8(13)10-5-4(11)3-15-7(14-2)6(5)12/h4-7,11-12H,3H2,1-2H3,(H2,9,10,13)/t4-,5+,6-,7+/m1/s1. The van der Waals surface area contributed by atoms with Crippen molar-refractivity contribution in [2.24, 2.45) is 0 Å². The van der Waals surface area contributed by atoms with Crippen molar-refractivity contribution in [3.8, 4) is 0 Å². The minimum atomic E-state index is -1.10. The molecule has 0 spiro atoms. The Balaban J connectivity index is 2.61. The Kier molecular flexibility index (Phi) is 4.28. The van der Waals surface area contributed by atoms with Gasteiger partial charge in [-0.1, -0.05) is 0 Å². The van der Waals surface area contributed by atoms with Crippen LogP contribution in [0.15, 0.2) is 0 Å². The third-order valence-corrected chi connectivity index (χ3v) is 2.25. The first-order chi connectivity index (χ1) is 7.10. The summed E-state index contributed by atoms with van der Waals surface area (Å²) in [5.41, 5.74) is 0. The van der Waals surface area contributed by atoms with Crippen molar-refractivity contribution in [2.45, 2.75) is 24.5 Å². The number of carbonyl (C=O) groups excluding carboxylic acids is 1. The molecular formula is C8H16N2O5. The maximum absolute atomic E-state index is 11.0. The van der Waals surface area contributed by atoms with Gasteiger partial charge in [-0.05, 0) is 0 Å². The van der Waals surface area contributed by atoms with E-state index in [1.54, 1.807) is 0 Å². The zero-order valence-corrected chi connectivity index (χ0v) is 8.64. The normalized spacial score (nSPS) is 36.0. The van der Waals surface area contributed by atoms with E-state index >= 15 is 0 Å². The molecule has 1 aliphatic rings. The molecule has 0 unspecified atom stereocenters. The lowest BCUT2D eigenvalue weighted by molar-refractivity contribution is -0.234. The number of carbonyl (C=O) groups is 1. The average Bonchev–Trinajstić information content (AvgIpc) is 2.24. The first-order valence-electron chi connectivity index (χ1n) is 4.59. The van der Waals surface area contributed by atoms with Crippen molar-refractivity contribution in [1.82, 2.24) is 10.6 Å². The molecule has 0 aromatic carbocycles. The van der Waals surface area contributed by atoms with E-state index < -0.39 is 30.6 Å². The minimum absolute atomic E-state index is 0.00419. The van der Waals surface area contributed by atoms with Gasteiger partial charge in [0, 0.05) is 14.2 Å². The lowest BCUT2D eigenvalue weighted by Crippen LogP contribution is -2.61. The molecule has 1 aliphatic heterocycles. The largest absolute Gasteiger partial charge is 0.388 e. The van der Waals surface area contributed by atoms with E-state index in [0.717, 1.165) is 0 Å². The van der Waals surface area contributed by atoms with Crippen LogP contribution in [0, 0.1) is 0 Å². The van der Waals surface area contributed by atoms with Gasteiger partial charge in [0.05, 0.1) is 12.6 Å². The number of amides is 2. The molecule has 7 nitrogen and oxygen atoms in total. The Labute approximate surface area is 87.4 Å². The Morgan fingerprint density at radius 3 is 2.73 bits per heavy atom. The van der Waals surface area contributed by atoms with Gasteiger partial charge >= 0.3 is 6.03 Å². The number of ether oxygens (including phenoxy) is 2. The Morgan fingerprint density at radius 1 is 1.53 bits per heavy atom. The van der Waals surface area contributed by atoms with Gasteiger partial charge in [0.2, 0.25) is 0 Å². The van der Waals surface area contributed by atoms with Crippen molar-refractivity contribution >= 4 is 6.03 Å². The van der Waals surface area contributed by atoms with Gasteiger partial charge in [-0.25, -0.2) is 4.79 Å². The lowest BCUT2D eigenvalue weighted by atomic mass is 10.0. The summed E-state index contributed by atoms with van der Waals surface area (Å²) >= 11 is 0. The third-order valence-electron chi connectivity index (χ3n) is 2.25. The van der Waals surface area contributed by atoms with Gasteiger partial charge in [0.15, 0.2) is 6.29 Å².